The van der Waals surface area contributed by atoms with Crippen LogP contribution >= 0.6 is 11.8 Å². The first kappa shape index (κ1) is 14.3. The number of rotatable bonds is 5. The lowest BCUT2D eigenvalue weighted by molar-refractivity contribution is 0.102. The molecule has 0 bridgehead atoms. The van der Waals surface area contributed by atoms with Crippen molar-refractivity contribution < 1.29 is 4.79 Å². The molecule has 0 aliphatic heterocycles. The molecule has 0 N–H and O–H groups in total. The summed E-state index contributed by atoms with van der Waals surface area (Å²) in [6, 6.07) is 6.28. The Kier molecular flexibility index (Phi) is 4.05. The van der Waals surface area contributed by atoms with Crippen molar-refractivity contribution >= 4 is 17.5 Å². The van der Waals surface area contributed by atoms with Gasteiger partial charge in [0.25, 0.3) is 0 Å². The fourth-order valence-corrected chi connectivity index (χ4v) is 3.46. The van der Waals surface area contributed by atoms with Crippen molar-refractivity contribution in [2.24, 2.45) is 0 Å². The second-order valence-corrected chi connectivity index (χ2v) is 6.49. The number of carbonyl (C=O) groups is 1. The molecule has 0 fully saturated rings. The molecule has 5 nitrogen and oxygen atoms in total. The molecule has 3 rings (SSSR count). The van der Waals surface area contributed by atoms with E-state index in [9.17, 15) is 4.79 Å². The van der Waals surface area contributed by atoms with Crippen LogP contribution in [0.1, 0.15) is 47.8 Å². The fraction of sp³-hybridized carbons (Fsp3) is 0.467. The Balaban J connectivity index is 1.68. The van der Waals surface area contributed by atoms with E-state index >= 15 is 0 Å². The summed E-state index contributed by atoms with van der Waals surface area (Å²) in [6.45, 7) is 4.03. The molecule has 1 aliphatic rings. The molecule has 0 saturated heterocycles. The van der Waals surface area contributed by atoms with Crippen LogP contribution in [0.2, 0.25) is 0 Å². The van der Waals surface area contributed by atoms with E-state index in [-0.39, 0.29) is 11.8 Å². The van der Waals surface area contributed by atoms with Gasteiger partial charge in [-0.15, -0.1) is 5.10 Å². The summed E-state index contributed by atoms with van der Waals surface area (Å²) < 4.78 is 1.74. The number of fused-ring (bicyclic) bond motifs is 1. The van der Waals surface area contributed by atoms with Crippen molar-refractivity contribution in [2.75, 3.05) is 5.75 Å². The topological polar surface area (TPSA) is 60.7 Å². The van der Waals surface area contributed by atoms with Crippen molar-refractivity contribution in [1.82, 2.24) is 20.2 Å². The number of benzene rings is 1. The molecule has 1 aromatic heterocycles. The highest BCUT2D eigenvalue weighted by Crippen LogP contribution is 2.24. The number of Topliss-reactive ketones (excluding diaryl/α,β-unsaturated/α-hetero) is 1. The first-order chi connectivity index (χ1) is 10.1. The number of ketones is 1. The van der Waals surface area contributed by atoms with Crippen LogP contribution in [-0.2, 0) is 12.8 Å². The molecule has 1 aliphatic carbocycles. The van der Waals surface area contributed by atoms with Crippen molar-refractivity contribution in [3.63, 3.8) is 0 Å². The van der Waals surface area contributed by atoms with E-state index in [1.54, 1.807) is 4.68 Å². The van der Waals surface area contributed by atoms with Crippen LogP contribution in [0.3, 0.4) is 0 Å². The third-order valence-electron chi connectivity index (χ3n) is 3.70. The van der Waals surface area contributed by atoms with E-state index in [2.05, 4.69) is 27.7 Å². The number of carbonyl (C=O) groups excluding carboxylic acids is 1. The number of hydrogen-bond donors (Lipinski definition) is 0. The van der Waals surface area contributed by atoms with Crippen molar-refractivity contribution in [2.45, 2.75) is 44.3 Å². The SMILES string of the molecule is CC(C)n1nnnc1SCC(=O)c1ccc2c(c1)CCC2. The number of hydrogen-bond acceptors (Lipinski definition) is 5. The smallest absolute Gasteiger partial charge is 0.209 e. The largest absolute Gasteiger partial charge is 0.293 e. The molecule has 2 aromatic rings. The van der Waals surface area contributed by atoms with Gasteiger partial charge in [-0.05, 0) is 60.7 Å². The van der Waals surface area contributed by atoms with E-state index < -0.39 is 0 Å². The number of tetrazole rings is 1. The zero-order chi connectivity index (χ0) is 14.8. The molecule has 0 unspecified atom stereocenters. The summed E-state index contributed by atoms with van der Waals surface area (Å²) in [5, 5.41) is 12.3. The highest BCUT2D eigenvalue weighted by molar-refractivity contribution is 7.99. The summed E-state index contributed by atoms with van der Waals surface area (Å²) in [5.74, 6) is 0.499. The van der Waals surface area contributed by atoms with Crippen molar-refractivity contribution in [3.8, 4) is 0 Å². The number of nitrogens with zero attached hydrogens (tertiary/aromatic N) is 4. The third-order valence-corrected chi connectivity index (χ3v) is 4.64. The molecule has 1 heterocycles. The van der Waals surface area contributed by atoms with Crippen LogP contribution in [0, 0.1) is 0 Å². The Bertz CT molecular complexity index is 665. The summed E-state index contributed by atoms with van der Waals surface area (Å²) in [6.07, 6.45) is 3.43. The number of thioether (sulfide) groups is 1. The average Bonchev–Trinajstić information content (AvgIpc) is 3.12. The van der Waals surface area contributed by atoms with E-state index in [0.29, 0.717) is 10.9 Å². The second-order valence-electron chi connectivity index (χ2n) is 5.55. The summed E-state index contributed by atoms with van der Waals surface area (Å²) in [7, 11) is 0. The van der Waals surface area contributed by atoms with Crippen LogP contribution in [-0.4, -0.2) is 31.7 Å². The highest BCUT2D eigenvalue weighted by Gasteiger charge is 2.16. The minimum absolute atomic E-state index is 0.132. The van der Waals surface area contributed by atoms with Gasteiger partial charge in [-0.2, -0.15) is 0 Å². The van der Waals surface area contributed by atoms with E-state index in [1.807, 2.05) is 19.9 Å². The summed E-state index contributed by atoms with van der Waals surface area (Å²) in [5.41, 5.74) is 3.52. The lowest BCUT2D eigenvalue weighted by Crippen LogP contribution is -2.08. The van der Waals surface area contributed by atoms with Gasteiger partial charge in [0.2, 0.25) is 5.16 Å². The molecular weight excluding hydrogens is 284 g/mol. The monoisotopic (exact) mass is 302 g/mol. The van der Waals surface area contributed by atoms with Gasteiger partial charge in [0.15, 0.2) is 5.78 Å². The zero-order valence-electron chi connectivity index (χ0n) is 12.2. The Hall–Kier alpha value is -1.69. The number of aryl methyl sites for hydroxylation is 2. The molecule has 0 amide bonds. The summed E-state index contributed by atoms with van der Waals surface area (Å²) in [4.78, 5) is 12.3. The quantitative estimate of drug-likeness (QED) is 0.628. The van der Waals surface area contributed by atoms with Gasteiger partial charge in [-0.3, -0.25) is 4.79 Å². The predicted molar refractivity (Wildman–Crippen MR) is 81.7 cm³/mol. The van der Waals surface area contributed by atoms with Gasteiger partial charge < -0.3 is 0 Å². The molecule has 0 saturated carbocycles. The van der Waals surface area contributed by atoms with Gasteiger partial charge in [-0.1, -0.05) is 23.9 Å². The third kappa shape index (κ3) is 3.00. The van der Waals surface area contributed by atoms with Gasteiger partial charge in [-0.25, -0.2) is 4.68 Å². The van der Waals surface area contributed by atoms with Crippen LogP contribution < -0.4 is 0 Å². The average molecular weight is 302 g/mol. The van der Waals surface area contributed by atoms with Crippen LogP contribution in [0.25, 0.3) is 0 Å². The molecule has 0 spiro atoms. The fourth-order valence-electron chi connectivity index (χ4n) is 2.56. The summed E-state index contributed by atoms with van der Waals surface area (Å²) >= 11 is 1.40. The lowest BCUT2D eigenvalue weighted by Gasteiger charge is -2.07. The zero-order valence-corrected chi connectivity index (χ0v) is 13.1. The van der Waals surface area contributed by atoms with Gasteiger partial charge in [0.05, 0.1) is 11.8 Å². The minimum atomic E-state index is 0.132. The second kappa shape index (κ2) is 5.97. The maximum atomic E-state index is 12.3. The van der Waals surface area contributed by atoms with E-state index in [0.717, 1.165) is 18.4 Å². The predicted octanol–water partition coefficient (Wildman–Crippen LogP) is 2.72. The van der Waals surface area contributed by atoms with Crippen LogP contribution in [0.4, 0.5) is 0 Å². The van der Waals surface area contributed by atoms with E-state index in [1.165, 1.54) is 29.3 Å². The highest BCUT2D eigenvalue weighted by atomic mass is 32.2. The first-order valence-electron chi connectivity index (χ1n) is 7.21. The molecule has 0 radical (unpaired) electrons. The Morgan fingerprint density at radius 2 is 2.14 bits per heavy atom. The van der Waals surface area contributed by atoms with Crippen LogP contribution in [0.15, 0.2) is 23.4 Å². The van der Waals surface area contributed by atoms with Crippen molar-refractivity contribution in [3.05, 3.63) is 34.9 Å². The normalized spacial score (nSPS) is 13.7. The molecular formula is C15H18N4OS. The standard InChI is InChI=1S/C15H18N4OS/c1-10(2)19-15(16-17-18-19)21-9-14(20)13-7-6-11-4-3-5-12(11)8-13/h6-8,10H,3-5,9H2,1-2H3. The number of aromatic nitrogens is 4. The van der Waals surface area contributed by atoms with Gasteiger partial charge in [0, 0.05) is 5.56 Å². The molecule has 6 heteroatoms. The Labute approximate surface area is 128 Å². The molecule has 1 aromatic carbocycles. The minimum Gasteiger partial charge on any atom is -0.293 e. The molecule has 21 heavy (non-hydrogen) atoms. The maximum absolute atomic E-state index is 12.3. The first-order valence-corrected chi connectivity index (χ1v) is 8.19. The molecule has 0 atom stereocenters. The Morgan fingerprint density at radius 3 is 2.95 bits per heavy atom. The van der Waals surface area contributed by atoms with E-state index in [4.69, 9.17) is 0 Å². The Morgan fingerprint density at radius 1 is 1.33 bits per heavy atom. The maximum Gasteiger partial charge on any atom is 0.209 e. The van der Waals surface area contributed by atoms with Crippen molar-refractivity contribution in [1.29, 1.82) is 0 Å². The lowest BCUT2D eigenvalue weighted by atomic mass is 10.0. The van der Waals surface area contributed by atoms with Gasteiger partial charge in [0.1, 0.15) is 0 Å². The molecule has 110 valence electrons. The van der Waals surface area contributed by atoms with Crippen LogP contribution in [0.5, 0.6) is 0 Å². The van der Waals surface area contributed by atoms with Gasteiger partial charge >= 0.3 is 0 Å².